The maximum Gasteiger partial charge on any atom is 0.193 e. The maximum atomic E-state index is 4.52. The quantitative estimate of drug-likeness (QED) is 0.855. The zero-order valence-electron chi connectivity index (χ0n) is 12.1. The molecule has 0 amide bonds. The Labute approximate surface area is 123 Å². The van der Waals surface area contributed by atoms with Crippen LogP contribution in [0.1, 0.15) is 29.7 Å². The van der Waals surface area contributed by atoms with E-state index in [2.05, 4.69) is 27.3 Å². The normalized spacial score (nSPS) is 14.8. The fourth-order valence-electron chi connectivity index (χ4n) is 2.07. The third-order valence-electron chi connectivity index (χ3n) is 3.38. The van der Waals surface area contributed by atoms with Crippen LogP contribution in [0, 0.1) is 13.8 Å². The summed E-state index contributed by atoms with van der Waals surface area (Å²) in [6.07, 6.45) is 6.28. The molecule has 0 atom stereocenters. The number of aromatic nitrogens is 4. The molecule has 0 radical (unpaired) electrons. The van der Waals surface area contributed by atoms with Crippen LogP contribution in [0.15, 0.2) is 22.6 Å². The summed E-state index contributed by atoms with van der Waals surface area (Å²) >= 11 is 1.58. The van der Waals surface area contributed by atoms with Gasteiger partial charge in [0.2, 0.25) is 0 Å². The topological polar surface area (TPSA) is 55.6 Å². The van der Waals surface area contributed by atoms with Gasteiger partial charge in [0.15, 0.2) is 5.16 Å². The van der Waals surface area contributed by atoms with E-state index in [0.29, 0.717) is 6.04 Å². The Morgan fingerprint density at radius 1 is 1.30 bits per heavy atom. The van der Waals surface area contributed by atoms with E-state index in [1.807, 2.05) is 31.0 Å². The van der Waals surface area contributed by atoms with Crippen molar-refractivity contribution in [1.29, 1.82) is 0 Å². The summed E-state index contributed by atoms with van der Waals surface area (Å²) in [5.74, 6) is 0. The molecule has 0 aromatic carbocycles. The van der Waals surface area contributed by atoms with Crippen molar-refractivity contribution >= 4 is 11.8 Å². The Bertz CT molecular complexity index is 601. The van der Waals surface area contributed by atoms with Crippen molar-refractivity contribution < 1.29 is 0 Å². The molecule has 5 nitrogen and oxygen atoms in total. The fraction of sp³-hybridized carbons (Fsp3) is 0.500. The number of nitrogens with one attached hydrogen (secondary N) is 1. The van der Waals surface area contributed by atoms with Crippen LogP contribution < -0.4 is 5.32 Å². The minimum atomic E-state index is 0.697. The van der Waals surface area contributed by atoms with Crippen LogP contribution in [-0.2, 0) is 13.6 Å². The predicted octanol–water partition coefficient (Wildman–Crippen LogP) is 2.23. The van der Waals surface area contributed by atoms with E-state index in [4.69, 9.17) is 0 Å². The lowest BCUT2D eigenvalue weighted by Crippen LogP contribution is -2.16. The Morgan fingerprint density at radius 3 is 2.65 bits per heavy atom. The van der Waals surface area contributed by atoms with Crippen LogP contribution in [0.3, 0.4) is 0 Å². The van der Waals surface area contributed by atoms with Gasteiger partial charge >= 0.3 is 0 Å². The van der Waals surface area contributed by atoms with Gasteiger partial charge in [0.05, 0.1) is 5.69 Å². The summed E-state index contributed by atoms with van der Waals surface area (Å²) in [4.78, 5) is 8.73. The molecule has 0 unspecified atom stereocenters. The summed E-state index contributed by atoms with van der Waals surface area (Å²) in [7, 11) is 1.98. The molecule has 20 heavy (non-hydrogen) atoms. The first kappa shape index (κ1) is 13.6. The molecule has 0 aliphatic heterocycles. The smallest absolute Gasteiger partial charge is 0.193 e. The lowest BCUT2D eigenvalue weighted by molar-refractivity contribution is 0.657. The molecule has 1 saturated carbocycles. The number of hydrogen-bond acceptors (Lipinski definition) is 5. The lowest BCUT2D eigenvalue weighted by Gasteiger charge is -2.06. The third-order valence-corrected chi connectivity index (χ3v) is 4.48. The molecule has 106 valence electrons. The van der Waals surface area contributed by atoms with Crippen molar-refractivity contribution in [1.82, 2.24) is 25.1 Å². The number of rotatable bonds is 5. The van der Waals surface area contributed by atoms with Gasteiger partial charge in [-0.3, -0.25) is 4.68 Å². The molecule has 0 spiro atoms. The van der Waals surface area contributed by atoms with Crippen LogP contribution in [0.5, 0.6) is 0 Å². The molecule has 2 heterocycles. The Balaban J connectivity index is 1.81. The highest BCUT2D eigenvalue weighted by Gasteiger charge is 2.22. The standard InChI is InChI=1S/C14H19N5S/c1-9-6-16-14(17-7-9)20-13-12(8-15-11-4-5-11)10(2)18-19(13)3/h6-7,11,15H,4-5,8H2,1-3H3. The van der Waals surface area contributed by atoms with Crippen molar-refractivity contribution in [2.75, 3.05) is 0 Å². The van der Waals surface area contributed by atoms with E-state index < -0.39 is 0 Å². The van der Waals surface area contributed by atoms with E-state index >= 15 is 0 Å². The molecule has 2 aromatic heterocycles. The summed E-state index contributed by atoms with van der Waals surface area (Å²) in [5, 5.41) is 9.97. The van der Waals surface area contributed by atoms with Gasteiger partial charge < -0.3 is 5.32 Å². The van der Waals surface area contributed by atoms with Gasteiger partial charge in [-0.25, -0.2) is 9.97 Å². The molecular formula is C14H19N5S. The molecule has 1 fully saturated rings. The van der Waals surface area contributed by atoms with Crippen LogP contribution in [-0.4, -0.2) is 25.8 Å². The molecule has 1 aliphatic carbocycles. The number of hydrogen-bond donors (Lipinski definition) is 1. The molecule has 1 aliphatic rings. The van der Waals surface area contributed by atoms with Crippen molar-refractivity contribution in [2.24, 2.45) is 7.05 Å². The zero-order valence-corrected chi connectivity index (χ0v) is 12.9. The van der Waals surface area contributed by atoms with E-state index in [1.165, 1.54) is 18.4 Å². The van der Waals surface area contributed by atoms with E-state index in [9.17, 15) is 0 Å². The first-order valence-electron chi connectivity index (χ1n) is 6.86. The summed E-state index contributed by atoms with van der Waals surface area (Å²) in [5.41, 5.74) is 3.41. The Hall–Kier alpha value is -1.40. The summed E-state index contributed by atoms with van der Waals surface area (Å²) < 4.78 is 1.92. The van der Waals surface area contributed by atoms with Gasteiger partial charge in [-0.15, -0.1) is 0 Å². The average molecular weight is 289 g/mol. The van der Waals surface area contributed by atoms with Crippen LogP contribution in [0.2, 0.25) is 0 Å². The minimum Gasteiger partial charge on any atom is -0.310 e. The van der Waals surface area contributed by atoms with Gasteiger partial charge in [-0.1, -0.05) is 0 Å². The molecule has 2 aromatic rings. The van der Waals surface area contributed by atoms with Crippen LogP contribution >= 0.6 is 11.8 Å². The summed E-state index contributed by atoms with van der Waals surface area (Å²) in [6, 6.07) is 0.697. The highest BCUT2D eigenvalue weighted by Crippen LogP contribution is 2.30. The second-order valence-electron chi connectivity index (χ2n) is 5.29. The van der Waals surface area contributed by atoms with Crippen molar-refractivity contribution in [3.8, 4) is 0 Å². The lowest BCUT2D eigenvalue weighted by atomic mass is 10.2. The monoisotopic (exact) mass is 289 g/mol. The molecule has 3 rings (SSSR count). The minimum absolute atomic E-state index is 0.697. The van der Waals surface area contributed by atoms with Crippen LogP contribution in [0.25, 0.3) is 0 Å². The van der Waals surface area contributed by atoms with E-state index in [-0.39, 0.29) is 0 Å². The second kappa shape index (κ2) is 5.54. The maximum absolute atomic E-state index is 4.52. The molecular weight excluding hydrogens is 270 g/mol. The van der Waals surface area contributed by atoms with Crippen molar-refractivity contribution in [3.05, 3.63) is 29.2 Å². The van der Waals surface area contributed by atoms with E-state index in [1.54, 1.807) is 11.8 Å². The largest absolute Gasteiger partial charge is 0.310 e. The predicted molar refractivity (Wildman–Crippen MR) is 78.7 cm³/mol. The third kappa shape index (κ3) is 3.02. The average Bonchev–Trinajstić information content (AvgIpc) is 3.19. The second-order valence-corrected chi connectivity index (χ2v) is 6.25. The first-order valence-corrected chi connectivity index (χ1v) is 7.67. The Kier molecular flexibility index (Phi) is 3.76. The highest BCUT2D eigenvalue weighted by atomic mass is 32.2. The zero-order chi connectivity index (χ0) is 14.1. The van der Waals surface area contributed by atoms with Gasteiger partial charge in [-0.2, -0.15) is 5.10 Å². The Morgan fingerprint density at radius 2 is 2.00 bits per heavy atom. The van der Waals surface area contributed by atoms with Gasteiger partial charge in [0, 0.05) is 37.6 Å². The van der Waals surface area contributed by atoms with E-state index in [0.717, 1.165) is 28.0 Å². The highest BCUT2D eigenvalue weighted by molar-refractivity contribution is 7.99. The first-order chi connectivity index (χ1) is 9.63. The number of nitrogens with zero attached hydrogens (tertiary/aromatic N) is 4. The molecule has 1 N–H and O–H groups in total. The summed E-state index contributed by atoms with van der Waals surface area (Å²) in [6.45, 7) is 4.93. The van der Waals surface area contributed by atoms with Gasteiger partial charge in [0.1, 0.15) is 5.03 Å². The van der Waals surface area contributed by atoms with Gasteiger partial charge in [-0.05, 0) is 44.0 Å². The van der Waals surface area contributed by atoms with Crippen LogP contribution in [0.4, 0.5) is 0 Å². The molecule has 6 heteroatoms. The molecule has 0 saturated heterocycles. The van der Waals surface area contributed by atoms with Gasteiger partial charge in [0.25, 0.3) is 0 Å². The van der Waals surface area contributed by atoms with Crippen molar-refractivity contribution in [3.63, 3.8) is 0 Å². The molecule has 0 bridgehead atoms. The fourth-order valence-corrected chi connectivity index (χ4v) is 2.97. The number of aryl methyl sites for hydroxylation is 3. The SMILES string of the molecule is Cc1cnc(Sc2c(CNC3CC3)c(C)nn2C)nc1. The van der Waals surface area contributed by atoms with Crippen molar-refractivity contribution in [2.45, 2.75) is 49.5 Å².